The molecule has 0 fully saturated rings. The summed E-state index contributed by atoms with van der Waals surface area (Å²) in [6, 6.07) is 0. The van der Waals surface area contributed by atoms with Gasteiger partial charge in [0.1, 0.15) is 0 Å². The minimum Gasteiger partial charge on any atom is -0.395 e. The molecule has 0 aromatic rings. The predicted molar refractivity (Wildman–Crippen MR) is 62.6 cm³/mol. The fourth-order valence-electron chi connectivity index (χ4n) is 1.89. The number of nitrogens with zero attached hydrogens (tertiary/aromatic N) is 1. The van der Waals surface area contributed by atoms with E-state index in [1.165, 1.54) is 0 Å². The summed E-state index contributed by atoms with van der Waals surface area (Å²) in [5, 5.41) is 8.86. The highest BCUT2D eigenvalue weighted by molar-refractivity contribution is 5.78. The van der Waals surface area contributed by atoms with Gasteiger partial charge in [-0.05, 0) is 19.8 Å². The molecule has 1 amide bonds. The van der Waals surface area contributed by atoms with Crippen LogP contribution in [-0.4, -0.2) is 35.6 Å². The molecule has 0 unspecified atom stereocenters. The van der Waals surface area contributed by atoms with Gasteiger partial charge in [-0.25, -0.2) is 0 Å². The van der Waals surface area contributed by atoms with E-state index in [0.29, 0.717) is 13.1 Å². The van der Waals surface area contributed by atoms with Gasteiger partial charge in [0.05, 0.1) is 6.61 Å². The lowest BCUT2D eigenvalue weighted by Crippen LogP contribution is -2.38. The Morgan fingerprint density at radius 3 is 2.07 bits per heavy atom. The molecule has 90 valence electrons. The second-order valence-electron chi connectivity index (χ2n) is 3.92. The minimum absolute atomic E-state index is 0.0601. The third kappa shape index (κ3) is 5.17. The standard InChI is InChI=1S/C12H25NO2/c1-4-7-11(8-5-2)12(15)13(6-3)9-10-14/h11,14H,4-10H2,1-3H3. The van der Waals surface area contributed by atoms with E-state index in [2.05, 4.69) is 13.8 Å². The zero-order valence-electron chi connectivity index (χ0n) is 10.3. The fraction of sp³-hybridized carbons (Fsp3) is 0.917. The van der Waals surface area contributed by atoms with Crippen LogP contribution in [0.1, 0.15) is 46.5 Å². The van der Waals surface area contributed by atoms with E-state index < -0.39 is 0 Å². The molecule has 0 spiro atoms. The zero-order valence-corrected chi connectivity index (χ0v) is 10.3. The Balaban J connectivity index is 4.29. The van der Waals surface area contributed by atoms with Crippen LogP contribution in [0, 0.1) is 5.92 Å². The largest absolute Gasteiger partial charge is 0.395 e. The first-order valence-corrected chi connectivity index (χ1v) is 6.10. The summed E-state index contributed by atoms with van der Waals surface area (Å²) in [7, 11) is 0. The van der Waals surface area contributed by atoms with Crippen molar-refractivity contribution in [3.05, 3.63) is 0 Å². The second-order valence-corrected chi connectivity index (χ2v) is 3.92. The van der Waals surface area contributed by atoms with Crippen molar-refractivity contribution in [3.8, 4) is 0 Å². The lowest BCUT2D eigenvalue weighted by molar-refractivity contribution is -0.136. The van der Waals surface area contributed by atoms with E-state index in [0.717, 1.165) is 25.7 Å². The maximum atomic E-state index is 12.1. The second kappa shape index (κ2) is 8.72. The van der Waals surface area contributed by atoms with Gasteiger partial charge in [-0.3, -0.25) is 4.79 Å². The molecule has 0 bridgehead atoms. The van der Waals surface area contributed by atoms with Crippen molar-refractivity contribution in [3.63, 3.8) is 0 Å². The first kappa shape index (κ1) is 14.4. The number of carbonyl (C=O) groups excluding carboxylic acids is 1. The van der Waals surface area contributed by atoms with Crippen LogP contribution in [0.5, 0.6) is 0 Å². The molecule has 0 aromatic heterocycles. The average molecular weight is 215 g/mol. The summed E-state index contributed by atoms with van der Waals surface area (Å²) in [5.74, 6) is 0.377. The lowest BCUT2D eigenvalue weighted by Gasteiger charge is -2.25. The fourth-order valence-corrected chi connectivity index (χ4v) is 1.89. The van der Waals surface area contributed by atoms with Gasteiger partial charge in [-0.15, -0.1) is 0 Å². The Labute approximate surface area is 93.5 Å². The highest BCUT2D eigenvalue weighted by atomic mass is 16.3. The summed E-state index contributed by atoms with van der Waals surface area (Å²) in [6.45, 7) is 7.41. The normalized spacial score (nSPS) is 10.7. The molecule has 0 saturated heterocycles. The van der Waals surface area contributed by atoms with Crippen molar-refractivity contribution in [1.82, 2.24) is 4.90 Å². The molecule has 0 atom stereocenters. The van der Waals surface area contributed by atoms with Crippen molar-refractivity contribution in [2.75, 3.05) is 19.7 Å². The quantitative estimate of drug-likeness (QED) is 0.673. The summed E-state index contributed by atoms with van der Waals surface area (Å²) < 4.78 is 0. The van der Waals surface area contributed by atoms with E-state index >= 15 is 0 Å². The third-order valence-corrected chi connectivity index (χ3v) is 2.69. The van der Waals surface area contributed by atoms with E-state index in [1.54, 1.807) is 4.90 Å². The van der Waals surface area contributed by atoms with Crippen LogP contribution < -0.4 is 0 Å². The smallest absolute Gasteiger partial charge is 0.225 e. The van der Waals surface area contributed by atoms with Gasteiger partial charge < -0.3 is 10.0 Å². The predicted octanol–water partition coefficient (Wildman–Crippen LogP) is 2.04. The highest BCUT2D eigenvalue weighted by Gasteiger charge is 2.21. The van der Waals surface area contributed by atoms with Crippen molar-refractivity contribution < 1.29 is 9.90 Å². The van der Waals surface area contributed by atoms with Crippen molar-refractivity contribution in [1.29, 1.82) is 0 Å². The van der Waals surface area contributed by atoms with Crippen molar-refractivity contribution in [2.24, 2.45) is 5.92 Å². The highest BCUT2D eigenvalue weighted by Crippen LogP contribution is 2.16. The van der Waals surface area contributed by atoms with Gasteiger partial charge in [-0.2, -0.15) is 0 Å². The van der Waals surface area contributed by atoms with Crippen LogP contribution in [0.25, 0.3) is 0 Å². The van der Waals surface area contributed by atoms with Crippen LogP contribution >= 0.6 is 0 Å². The molecular formula is C12H25NO2. The Kier molecular flexibility index (Phi) is 8.38. The van der Waals surface area contributed by atoms with E-state index in [4.69, 9.17) is 5.11 Å². The summed E-state index contributed by atoms with van der Waals surface area (Å²) in [5.41, 5.74) is 0. The molecule has 0 aromatic carbocycles. The molecule has 15 heavy (non-hydrogen) atoms. The lowest BCUT2D eigenvalue weighted by atomic mass is 9.96. The summed E-state index contributed by atoms with van der Waals surface area (Å²) in [4.78, 5) is 13.8. The van der Waals surface area contributed by atoms with Gasteiger partial charge in [0.15, 0.2) is 0 Å². The van der Waals surface area contributed by atoms with Gasteiger partial charge in [0.25, 0.3) is 0 Å². The Bertz CT molecular complexity index is 165. The number of carbonyl (C=O) groups is 1. The number of amides is 1. The average Bonchev–Trinajstić information content (AvgIpc) is 2.24. The van der Waals surface area contributed by atoms with Gasteiger partial charge in [0, 0.05) is 19.0 Å². The number of hydrogen-bond donors (Lipinski definition) is 1. The molecule has 0 aliphatic heterocycles. The molecule has 0 saturated carbocycles. The molecule has 0 aliphatic carbocycles. The van der Waals surface area contributed by atoms with Gasteiger partial charge >= 0.3 is 0 Å². The summed E-state index contributed by atoms with van der Waals surface area (Å²) >= 11 is 0. The molecule has 1 N–H and O–H groups in total. The molecular weight excluding hydrogens is 190 g/mol. The van der Waals surface area contributed by atoms with Crippen LogP contribution in [0.15, 0.2) is 0 Å². The van der Waals surface area contributed by atoms with Gasteiger partial charge in [0.2, 0.25) is 5.91 Å². The van der Waals surface area contributed by atoms with Crippen molar-refractivity contribution in [2.45, 2.75) is 46.5 Å². The maximum Gasteiger partial charge on any atom is 0.225 e. The molecule has 3 nitrogen and oxygen atoms in total. The zero-order chi connectivity index (χ0) is 11.7. The Hall–Kier alpha value is -0.570. The molecule has 0 rings (SSSR count). The van der Waals surface area contributed by atoms with Crippen LogP contribution in [0.4, 0.5) is 0 Å². The Morgan fingerprint density at radius 2 is 1.73 bits per heavy atom. The van der Waals surface area contributed by atoms with E-state index in [1.807, 2.05) is 6.92 Å². The topological polar surface area (TPSA) is 40.5 Å². The Morgan fingerprint density at radius 1 is 1.20 bits per heavy atom. The molecule has 0 heterocycles. The SMILES string of the molecule is CCCC(CCC)C(=O)N(CC)CCO. The number of hydrogen-bond acceptors (Lipinski definition) is 2. The minimum atomic E-state index is 0.0601. The third-order valence-electron chi connectivity index (χ3n) is 2.69. The van der Waals surface area contributed by atoms with Crippen LogP contribution in [-0.2, 0) is 4.79 Å². The molecule has 0 radical (unpaired) electrons. The number of rotatable bonds is 8. The number of aliphatic hydroxyl groups excluding tert-OH is 1. The maximum absolute atomic E-state index is 12.1. The molecule has 3 heteroatoms. The van der Waals surface area contributed by atoms with Gasteiger partial charge in [-0.1, -0.05) is 26.7 Å². The van der Waals surface area contributed by atoms with E-state index in [-0.39, 0.29) is 18.4 Å². The van der Waals surface area contributed by atoms with Crippen molar-refractivity contribution >= 4 is 5.91 Å². The monoisotopic (exact) mass is 215 g/mol. The first-order valence-electron chi connectivity index (χ1n) is 6.10. The van der Waals surface area contributed by atoms with E-state index in [9.17, 15) is 4.79 Å². The first-order chi connectivity index (χ1) is 7.21. The van der Waals surface area contributed by atoms with Crippen LogP contribution in [0.2, 0.25) is 0 Å². The number of likely N-dealkylation sites (N-methyl/N-ethyl adjacent to an activating group) is 1. The number of aliphatic hydroxyl groups is 1. The molecule has 0 aliphatic rings. The summed E-state index contributed by atoms with van der Waals surface area (Å²) in [6.07, 6.45) is 4.03. The van der Waals surface area contributed by atoms with Crippen LogP contribution in [0.3, 0.4) is 0 Å².